The van der Waals surface area contributed by atoms with Gasteiger partial charge in [0.05, 0.1) is 19.8 Å². The van der Waals surface area contributed by atoms with E-state index in [-0.39, 0.29) is 12.8 Å². The monoisotopic (exact) mass is 280 g/mol. The van der Waals surface area contributed by atoms with Crippen molar-refractivity contribution in [2.24, 2.45) is 0 Å². The molecule has 0 fully saturated rings. The van der Waals surface area contributed by atoms with Crippen LogP contribution in [0, 0.1) is 0 Å². The molecular weight excluding hydrogens is 260 g/mol. The number of benzene rings is 1. The minimum Gasteiger partial charge on any atom is -0.468 e. The van der Waals surface area contributed by atoms with Crippen LogP contribution in [0.1, 0.15) is 12.5 Å². The Balaban J connectivity index is 2.34. The minimum atomic E-state index is -0.348. The normalized spacial score (nSPS) is 10.7. The number of ether oxygens (including phenoxy) is 4. The van der Waals surface area contributed by atoms with E-state index in [2.05, 4.69) is 0 Å². The summed E-state index contributed by atoms with van der Waals surface area (Å²) in [6, 6.07) is 7.31. The lowest BCUT2D eigenvalue weighted by molar-refractivity contribution is -0.137. The van der Waals surface area contributed by atoms with E-state index >= 15 is 0 Å². The highest BCUT2D eigenvalue weighted by Crippen LogP contribution is 2.13. The van der Waals surface area contributed by atoms with Crippen molar-refractivity contribution in [1.82, 2.24) is 0 Å². The summed E-state index contributed by atoms with van der Waals surface area (Å²) in [6.07, 6.45) is 3.09. The molecule has 0 heterocycles. The zero-order chi connectivity index (χ0) is 14.6. The fourth-order valence-corrected chi connectivity index (χ4v) is 1.34. The molecule has 0 unspecified atom stereocenters. The quantitative estimate of drug-likeness (QED) is 0.300. The predicted octanol–water partition coefficient (Wildman–Crippen LogP) is 2.26. The number of carbonyl (C=O) groups excluding carboxylic acids is 1. The first kappa shape index (κ1) is 16.2. The van der Waals surface area contributed by atoms with Crippen LogP contribution in [0.5, 0.6) is 5.75 Å². The maximum Gasteiger partial charge on any atom is 0.330 e. The first-order valence-corrected chi connectivity index (χ1v) is 6.40. The largest absolute Gasteiger partial charge is 0.468 e. The third-order valence-corrected chi connectivity index (χ3v) is 2.32. The molecule has 20 heavy (non-hydrogen) atoms. The second-order valence-corrected chi connectivity index (χ2v) is 3.82. The maximum absolute atomic E-state index is 11.2. The average molecular weight is 280 g/mol. The number of rotatable bonds is 9. The topological polar surface area (TPSA) is 54.0 Å². The van der Waals surface area contributed by atoms with Gasteiger partial charge in [-0.3, -0.25) is 0 Å². The highest BCUT2D eigenvalue weighted by Gasteiger charge is 1.96. The van der Waals surface area contributed by atoms with Gasteiger partial charge in [0, 0.05) is 13.2 Å². The standard InChI is InChI=1S/C15H20O5/c1-3-19-15(16)9-6-13-4-7-14(8-5-13)20-12-18-11-10-17-2/h4-9H,3,10-12H2,1-2H3. The van der Waals surface area contributed by atoms with Crippen LogP contribution in [-0.2, 0) is 19.0 Å². The van der Waals surface area contributed by atoms with Crippen LogP contribution in [0.4, 0.5) is 0 Å². The van der Waals surface area contributed by atoms with Gasteiger partial charge in [-0.1, -0.05) is 12.1 Å². The van der Waals surface area contributed by atoms with E-state index < -0.39 is 0 Å². The van der Waals surface area contributed by atoms with Crippen LogP contribution < -0.4 is 4.74 Å². The molecule has 0 bridgehead atoms. The summed E-state index contributed by atoms with van der Waals surface area (Å²) in [6.45, 7) is 3.37. The molecule has 0 N–H and O–H groups in total. The van der Waals surface area contributed by atoms with E-state index in [0.29, 0.717) is 25.6 Å². The predicted molar refractivity (Wildman–Crippen MR) is 75.4 cm³/mol. The summed E-state index contributed by atoms with van der Waals surface area (Å²) in [7, 11) is 1.62. The second kappa shape index (κ2) is 10.00. The Morgan fingerprint density at radius 2 is 1.95 bits per heavy atom. The van der Waals surface area contributed by atoms with Gasteiger partial charge in [0.2, 0.25) is 0 Å². The number of methoxy groups -OCH3 is 1. The van der Waals surface area contributed by atoms with Crippen LogP contribution in [-0.4, -0.2) is 39.7 Å². The molecule has 0 saturated heterocycles. The number of carbonyl (C=O) groups is 1. The molecule has 0 radical (unpaired) electrons. The Hall–Kier alpha value is -1.85. The zero-order valence-corrected chi connectivity index (χ0v) is 11.8. The van der Waals surface area contributed by atoms with Crippen molar-refractivity contribution in [1.29, 1.82) is 0 Å². The van der Waals surface area contributed by atoms with Gasteiger partial charge in [0.1, 0.15) is 5.75 Å². The highest BCUT2D eigenvalue weighted by molar-refractivity contribution is 5.87. The van der Waals surface area contributed by atoms with E-state index in [1.165, 1.54) is 6.08 Å². The Bertz CT molecular complexity index is 411. The molecule has 1 rings (SSSR count). The van der Waals surface area contributed by atoms with Crippen molar-refractivity contribution >= 4 is 12.0 Å². The van der Waals surface area contributed by atoms with Crippen molar-refractivity contribution < 1.29 is 23.7 Å². The van der Waals surface area contributed by atoms with Crippen molar-refractivity contribution in [3.8, 4) is 5.75 Å². The molecule has 0 spiro atoms. The molecular formula is C15H20O5. The molecule has 0 atom stereocenters. The first-order chi connectivity index (χ1) is 9.76. The van der Waals surface area contributed by atoms with Crippen LogP contribution in [0.2, 0.25) is 0 Å². The fraction of sp³-hybridized carbons (Fsp3) is 0.400. The summed E-state index contributed by atoms with van der Waals surface area (Å²) in [5.74, 6) is 0.357. The van der Waals surface area contributed by atoms with E-state index in [1.807, 2.05) is 24.3 Å². The lowest BCUT2D eigenvalue weighted by Gasteiger charge is -2.06. The van der Waals surface area contributed by atoms with Crippen LogP contribution in [0.25, 0.3) is 6.08 Å². The fourth-order valence-electron chi connectivity index (χ4n) is 1.34. The van der Waals surface area contributed by atoms with Gasteiger partial charge in [-0.25, -0.2) is 4.79 Å². The number of hydrogen-bond acceptors (Lipinski definition) is 5. The molecule has 5 heteroatoms. The molecule has 0 saturated carbocycles. The highest BCUT2D eigenvalue weighted by atomic mass is 16.7. The molecule has 1 aromatic carbocycles. The summed E-state index contributed by atoms with van der Waals surface area (Å²) in [5.41, 5.74) is 0.894. The molecule has 1 aromatic rings. The van der Waals surface area contributed by atoms with E-state index in [4.69, 9.17) is 18.9 Å². The lowest BCUT2D eigenvalue weighted by Crippen LogP contribution is -2.07. The maximum atomic E-state index is 11.2. The molecule has 0 aliphatic carbocycles. The van der Waals surface area contributed by atoms with Crippen LogP contribution in [0.3, 0.4) is 0 Å². The molecule has 0 aromatic heterocycles. The van der Waals surface area contributed by atoms with Gasteiger partial charge >= 0.3 is 5.97 Å². The third kappa shape index (κ3) is 6.92. The minimum absolute atomic E-state index is 0.182. The summed E-state index contributed by atoms with van der Waals surface area (Å²) >= 11 is 0. The van der Waals surface area contributed by atoms with Gasteiger partial charge in [0.15, 0.2) is 6.79 Å². The molecule has 0 amide bonds. The van der Waals surface area contributed by atoms with Crippen molar-refractivity contribution in [3.63, 3.8) is 0 Å². The molecule has 0 aliphatic rings. The van der Waals surface area contributed by atoms with Gasteiger partial charge < -0.3 is 18.9 Å². The molecule has 5 nitrogen and oxygen atoms in total. The smallest absolute Gasteiger partial charge is 0.330 e. The van der Waals surface area contributed by atoms with Crippen LogP contribution in [0.15, 0.2) is 30.3 Å². The third-order valence-electron chi connectivity index (χ3n) is 2.32. The van der Waals surface area contributed by atoms with Crippen LogP contribution >= 0.6 is 0 Å². The van der Waals surface area contributed by atoms with Gasteiger partial charge in [-0.2, -0.15) is 0 Å². The summed E-state index contributed by atoms with van der Waals surface area (Å²) in [5, 5.41) is 0. The molecule has 110 valence electrons. The Morgan fingerprint density at radius 3 is 2.60 bits per heavy atom. The van der Waals surface area contributed by atoms with Crippen molar-refractivity contribution in [2.75, 3.05) is 33.7 Å². The lowest BCUT2D eigenvalue weighted by atomic mass is 10.2. The van der Waals surface area contributed by atoms with Crippen molar-refractivity contribution in [2.45, 2.75) is 6.92 Å². The SMILES string of the molecule is CCOC(=O)C=Cc1ccc(OCOCCOC)cc1. The van der Waals surface area contributed by atoms with Gasteiger partial charge in [0.25, 0.3) is 0 Å². The second-order valence-electron chi connectivity index (χ2n) is 3.82. The van der Waals surface area contributed by atoms with Crippen molar-refractivity contribution in [3.05, 3.63) is 35.9 Å². The Morgan fingerprint density at radius 1 is 1.20 bits per heavy atom. The Labute approximate surface area is 119 Å². The summed E-state index contributed by atoms with van der Waals surface area (Å²) < 4.78 is 20.2. The molecule has 0 aliphatic heterocycles. The average Bonchev–Trinajstić information content (AvgIpc) is 2.46. The Kier molecular flexibility index (Phi) is 8.10. The number of esters is 1. The number of hydrogen-bond donors (Lipinski definition) is 0. The van der Waals surface area contributed by atoms with E-state index in [9.17, 15) is 4.79 Å². The summed E-state index contributed by atoms with van der Waals surface area (Å²) in [4.78, 5) is 11.2. The zero-order valence-electron chi connectivity index (χ0n) is 11.8. The van der Waals surface area contributed by atoms with E-state index in [1.54, 1.807) is 20.1 Å². The van der Waals surface area contributed by atoms with Gasteiger partial charge in [-0.05, 0) is 30.7 Å². The first-order valence-electron chi connectivity index (χ1n) is 6.40. The van der Waals surface area contributed by atoms with E-state index in [0.717, 1.165) is 5.56 Å². The van der Waals surface area contributed by atoms with Gasteiger partial charge in [-0.15, -0.1) is 0 Å².